The van der Waals surface area contributed by atoms with Crippen LogP contribution in [0, 0.1) is 6.92 Å². The first-order valence-corrected chi connectivity index (χ1v) is 7.88. The van der Waals surface area contributed by atoms with E-state index in [1.165, 1.54) is 17.3 Å². The quantitative estimate of drug-likeness (QED) is 0.804. The summed E-state index contributed by atoms with van der Waals surface area (Å²) in [4.78, 5) is 24.6. The van der Waals surface area contributed by atoms with Gasteiger partial charge in [-0.15, -0.1) is 11.8 Å². The highest BCUT2D eigenvalue weighted by Gasteiger charge is 2.19. The first kappa shape index (κ1) is 16.1. The molecule has 0 bridgehead atoms. The Kier molecular flexibility index (Phi) is 5.61. The van der Waals surface area contributed by atoms with E-state index in [0.717, 1.165) is 4.90 Å². The van der Waals surface area contributed by atoms with Crippen LogP contribution in [0.4, 0.5) is 0 Å². The summed E-state index contributed by atoms with van der Waals surface area (Å²) in [6.07, 6.45) is 0. The maximum absolute atomic E-state index is 12.0. The van der Waals surface area contributed by atoms with Crippen molar-refractivity contribution in [3.63, 3.8) is 0 Å². The Hall–Kier alpha value is -2.27. The van der Waals surface area contributed by atoms with Gasteiger partial charge in [0.2, 0.25) is 11.8 Å². The lowest BCUT2D eigenvalue weighted by Crippen LogP contribution is -2.38. The van der Waals surface area contributed by atoms with Gasteiger partial charge >= 0.3 is 0 Å². The number of carbonyl (C=O) groups is 2. The van der Waals surface area contributed by atoms with Crippen LogP contribution in [0.5, 0.6) is 0 Å². The number of carbonyl (C=O) groups excluding carboxylic acids is 2. The van der Waals surface area contributed by atoms with Gasteiger partial charge in [-0.1, -0.05) is 48.0 Å². The lowest BCUT2D eigenvalue weighted by Gasteiger charge is -2.15. The number of rotatable bonds is 6. The average molecular weight is 314 g/mol. The maximum atomic E-state index is 12.0. The fourth-order valence-electron chi connectivity index (χ4n) is 1.95. The molecule has 0 spiro atoms. The van der Waals surface area contributed by atoms with Crippen molar-refractivity contribution in [2.45, 2.75) is 17.9 Å². The van der Waals surface area contributed by atoms with E-state index in [2.05, 4.69) is 5.32 Å². The molecule has 0 saturated heterocycles. The molecule has 0 aliphatic carbocycles. The molecule has 5 heteroatoms. The van der Waals surface area contributed by atoms with Gasteiger partial charge in [0.25, 0.3) is 0 Å². The molecule has 0 saturated carbocycles. The zero-order valence-electron chi connectivity index (χ0n) is 12.3. The van der Waals surface area contributed by atoms with E-state index in [9.17, 15) is 9.59 Å². The third kappa shape index (κ3) is 4.63. The van der Waals surface area contributed by atoms with Crippen LogP contribution in [-0.4, -0.2) is 17.6 Å². The van der Waals surface area contributed by atoms with Gasteiger partial charge in [0.15, 0.2) is 0 Å². The van der Waals surface area contributed by atoms with Crippen LogP contribution in [0.1, 0.15) is 17.2 Å². The minimum absolute atomic E-state index is 0.224. The van der Waals surface area contributed by atoms with Crippen LogP contribution in [0.15, 0.2) is 59.5 Å². The van der Waals surface area contributed by atoms with Gasteiger partial charge in [-0.05, 0) is 24.6 Å². The molecule has 1 atom stereocenters. The Balaban J connectivity index is 1.94. The molecule has 2 rings (SSSR count). The highest BCUT2D eigenvalue weighted by molar-refractivity contribution is 8.00. The van der Waals surface area contributed by atoms with E-state index < -0.39 is 11.9 Å². The van der Waals surface area contributed by atoms with Crippen molar-refractivity contribution in [2.75, 3.05) is 5.75 Å². The molecule has 0 aliphatic rings. The molecule has 3 N–H and O–H groups in total. The predicted octanol–water partition coefficient (Wildman–Crippen LogP) is 2.43. The largest absolute Gasteiger partial charge is 0.368 e. The van der Waals surface area contributed by atoms with Gasteiger partial charge in [0.05, 0.1) is 5.75 Å². The number of amides is 2. The maximum Gasteiger partial charge on any atom is 0.244 e. The number of hydrogen-bond acceptors (Lipinski definition) is 3. The molecule has 0 aliphatic heterocycles. The van der Waals surface area contributed by atoms with Crippen LogP contribution in [0.2, 0.25) is 0 Å². The predicted molar refractivity (Wildman–Crippen MR) is 88.4 cm³/mol. The van der Waals surface area contributed by atoms with Crippen molar-refractivity contribution < 1.29 is 9.59 Å². The molecule has 0 heterocycles. The van der Waals surface area contributed by atoms with Gasteiger partial charge in [-0.3, -0.25) is 9.59 Å². The normalized spacial score (nSPS) is 11.7. The first-order chi connectivity index (χ1) is 10.6. The fourth-order valence-corrected chi connectivity index (χ4v) is 2.66. The Morgan fingerprint density at radius 3 is 2.32 bits per heavy atom. The minimum atomic E-state index is -0.799. The number of hydrogen-bond donors (Lipinski definition) is 2. The van der Waals surface area contributed by atoms with Crippen molar-refractivity contribution in [3.8, 4) is 0 Å². The molecule has 2 aromatic rings. The topological polar surface area (TPSA) is 72.2 Å². The molecule has 1 unspecified atom stereocenters. The summed E-state index contributed by atoms with van der Waals surface area (Å²) in [5, 5.41) is 2.68. The summed E-state index contributed by atoms with van der Waals surface area (Å²) in [6, 6.07) is 16.1. The summed E-state index contributed by atoms with van der Waals surface area (Å²) >= 11 is 1.42. The van der Waals surface area contributed by atoms with Gasteiger partial charge in [-0.2, -0.15) is 0 Å². The van der Waals surface area contributed by atoms with Crippen LogP contribution in [0.25, 0.3) is 0 Å². The number of nitrogens with one attached hydrogen (secondary N) is 1. The van der Waals surface area contributed by atoms with Crippen molar-refractivity contribution >= 4 is 23.6 Å². The first-order valence-electron chi connectivity index (χ1n) is 6.89. The van der Waals surface area contributed by atoms with Crippen molar-refractivity contribution in [3.05, 3.63) is 65.7 Å². The summed E-state index contributed by atoms with van der Waals surface area (Å²) in [6.45, 7) is 2.01. The number of nitrogens with two attached hydrogens (primary N) is 1. The average Bonchev–Trinajstić information content (AvgIpc) is 2.52. The van der Waals surface area contributed by atoms with Crippen molar-refractivity contribution in [2.24, 2.45) is 5.73 Å². The number of thioether (sulfide) groups is 1. The summed E-state index contributed by atoms with van der Waals surface area (Å²) in [5.41, 5.74) is 7.24. The SMILES string of the molecule is Cc1ccc(SCC(=O)NC(C(N)=O)c2ccccc2)cc1. The van der Waals surface area contributed by atoms with E-state index in [1.54, 1.807) is 24.3 Å². The second-order valence-electron chi connectivity index (χ2n) is 4.92. The van der Waals surface area contributed by atoms with E-state index in [-0.39, 0.29) is 11.7 Å². The Morgan fingerprint density at radius 2 is 1.73 bits per heavy atom. The van der Waals surface area contributed by atoms with E-state index in [0.29, 0.717) is 5.56 Å². The van der Waals surface area contributed by atoms with Gasteiger partial charge < -0.3 is 11.1 Å². The molecule has 114 valence electrons. The van der Waals surface area contributed by atoms with E-state index in [1.807, 2.05) is 37.3 Å². The fraction of sp³-hybridized carbons (Fsp3) is 0.176. The molecule has 2 aromatic carbocycles. The molecule has 0 radical (unpaired) electrons. The number of aryl methyl sites for hydroxylation is 1. The summed E-state index contributed by atoms with van der Waals surface area (Å²) < 4.78 is 0. The second kappa shape index (κ2) is 7.66. The third-order valence-electron chi connectivity index (χ3n) is 3.11. The van der Waals surface area contributed by atoms with E-state index in [4.69, 9.17) is 5.73 Å². The zero-order chi connectivity index (χ0) is 15.9. The Morgan fingerprint density at radius 1 is 1.09 bits per heavy atom. The smallest absolute Gasteiger partial charge is 0.244 e. The molecular weight excluding hydrogens is 296 g/mol. The van der Waals surface area contributed by atoms with E-state index >= 15 is 0 Å². The summed E-state index contributed by atoms with van der Waals surface area (Å²) in [7, 11) is 0. The number of benzene rings is 2. The molecule has 22 heavy (non-hydrogen) atoms. The van der Waals surface area contributed by atoms with Gasteiger partial charge in [0, 0.05) is 4.90 Å². The summed E-state index contributed by atoms with van der Waals surface area (Å²) in [5.74, 6) is -0.558. The van der Waals surface area contributed by atoms with Crippen molar-refractivity contribution in [1.29, 1.82) is 0 Å². The van der Waals surface area contributed by atoms with Crippen molar-refractivity contribution in [1.82, 2.24) is 5.32 Å². The highest BCUT2D eigenvalue weighted by Crippen LogP contribution is 2.19. The molecule has 4 nitrogen and oxygen atoms in total. The monoisotopic (exact) mass is 314 g/mol. The number of primary amides is 1. The molecule has 2 amide bonds. The molecule has 0 fully saturated rings. The van der Waals surface area contributed by atoms with Crippen LogP contribution < -0.4 is 11.1 Å². The van der Waals surface area contributed by atoms with Gasteiger partial charge in [0.1, 0.15) is 6.04 Å². The van der Waals surface area contributed by atoms with Crippen LogP contribution in [-0.2, 0) is 9.59 Å². The second-order valence-corrected chi connectivity index (χ2v) is 5.96. The highest BCUT2D eigenvalue weighted by atomic mass is 32.2. The lowest BCUT2D eigenvalue weighted by atomic mass is 10.1. The lowest BCUT2D eigenvalue weighted by molar-refractivity contribution is -0.126. The minimum Gasteiger partial charge on any atom is -0.368 e. The third-order valence-corrected chi connectivity index (χ3v) is 4.13. The molecular formula is C17H18N2O2S. The Labute approximate surface area is 134 Å². The zero-order valence-corrected chi connectivity index (χ0v) is 13.1. The van der Waals surface area contributed by atoms with Crippen LogP contribution in [0.3, 0.4) is 0 Å². The standard InChI is InChI=1S/C17H18N2O2S/c1-12-7-9-14(10-8-12)22-11-15(20)19-16(17(18)21)13-5-3-2-4-6-13/h2-10,16H,11H2,1H3,(H2,18,21)(H,19,20). The molecule has 0 aromatic heterocycles. The van der Waals surface area contributed by atoms with Gasteiger partial charge in [-0.25, -0.2) is 0 Å². The Bertz CT molecular complexity index is 641. The van der Waals surface area contributed by atoms with Crippen LogP contribution >= 0.6 is 11.8 Å².